The van der Waals surface area contributed by atoms with Gasteiger partial charge < -0.3 is 11.1 Å². The zero-order chi connectivity index (χ0) is 11.6. The normalized spacial score (nSPS) is 10.1. The van der Waals surface area contributed by atoms with Crippen molar-refractivity contribution in [2.24, 2.45) is 5.73 Å². The first kappa shape index (κ1) is 13.1. The van der Waals surface area contributed by atoms with Gasteiger partial charge in [0.2, 0.25) is 5.91 Å². The molecule has 0 saturated heterocycles. The molecule has 0 radical (unpaired) electrons. The van der Waals surface area contributed by atoms with Crippen molar-refractivity contribution in [2.75, 3.05) is 23.4 Å². The van der Waals surface area contributed by atoms with Crippen LogP contribution in [0.1, 0.15) is 12.8 Å². The fourth-order valence-electron chi connectivity index (χ4n) is 1.23. The number of thioether (sulfide) groups is 1. The van der Waals surface area contributed by atoms with E-state index in [-0.39, 0.29) is 5.91 Å². The summed E-state index contributed by atoms with van der Waals surface area (Å²) >= 11 is 1.65. The highest BCUT2D eigenvalue weighted by Gasteiger charge is 2.01. The second kappa shape index (κ2) is 8.19. The molecule has 0 heterocycles. The largest absolute Gasteiger partial charge is 0.330 e. The van der Waals surface area contributed by atoms with Crippen LogP contribution < -0.4 is 11.1 Å². The Morgan fingerprint density at radius 2 is 2.00 bits per heavy atom. The van der Waals surface area contributed by atoms with Gasteiger partial charge in [-0.05, 0) is 37.3 Å². The number of hydrogen-bond donors (Lipinski definition) is 2. The van der Waals surface area contributed by atoms with Gasteiger partial charge in [-0.15, -0.1) is 0 Å². The highest BCUT2D eigenvalue weighted by atomic mass is 32.2. The topological polar surface area (TPSA) is 55.1 Å². The first-order valence-corrected chi connectivity index (χ1v) is 6.61. The van der Waals surface area contributed by atoms with E-state index >= 15 is 0 Å². The van der Waals surface area contributed by atoms with Gasteiger partial charge in [-0.2, -0.15) is 11.8 Å². The monoisotopic (exact) mass is 238 g/mol. The molecule has 0 unspecified atom stereocenters. The van der Waals surface area contributed by atoms with Crippen LogP contribution in [-0.4, -0.2) is 24.0 Å². The standard InChI is InChI=1S/C12H18N2OS/c13-8-4-5-9-16-10-12(15)14-11-6-2-1-3-7-11/h1-3,6-7H,4-5,8-10,13H2,(H,14,15). The van der Waals surface area contributed by atoms with Crippen LogP contribution >= 0.6 is 11.8 Å². The van der Waals surface area contributed by atoms with E-state index < -0.39 is 0 Å². The van der Waals surface area contributed by atoms with Gasteiger partial charge in [-0.3, -0.25) is 4.79 Å². The van der Waals surface area contributed by atoms with Gasteiger partial charge in [0.25, 0.3) is 0 Å². The molecule has 88 valence electrons. The third-order valence-electron chi connectivity index (χ3n) is 2.03. The Kier molecular flexibility index (Phi) is 6.69. The first-order chi connectivity index (χ1) is 7.83. The minimum absolute atomic E-state index is 0.0592. The van der Waals surface area contributed by atoms with E-state index in [1.807, 2.05) is 30.3 Å². The van der Waals surface area contributed by atoms with Gasteiger partial charge in [-0.1, -0.05) is 18.2 Å². The molecule has 16 heavy (non-hydrogen) atoms. The lowest BCUT2D eigenvalue weighted by molar-refractivity contribution is -0.113. The lowest BCUT2D eigenvalue weighted by Crippen LogP contribution is -2.14. The zero-order valence-electron chi connectivity index (χ0n) is 9.32. The van der Waals surface area contributed by atoms with Crippen LogP contribution in [-0.2, 0) is 4.79 Å². The molecular formula is C12H18N2OS. The van der Waals surface area contributed by atoms with E-state index in [2.05, 4.69) is 5.32 Å². The van der Waals surface area contributed by atoms with Gasteiger partial charge in [0.1, 0.15) is 0 Å². The molecule has 0 aliphatic carbocycles. The Balaban J connectivity index is 2.12. The van der Waals surface area contributed by atoms with E-state index in [1.165, 1.54) is 0 Å². The third-order valence-corrected chi connectivity index (χ3v) is 3.08. The first-order valence-electron chi connectivity index (χ1n) is 5.45. The minimum Gasteiger partial charge on any atom is -0.330 e. The lowest BCUT2D eigenvalue weighted by Gasteiger charge is -2.04. The highest BCUT2D eigenvalue weighted by Crippen LogP contribution is 2.08. The molecule has 3 N–H and O–H groups in total. The molecule has 4 heteroatoms. The number of amides is 1. The molecule has 0 spiro atoms. The van der Waals surface area contributed by atoms with E-state index in [4.69, 9.17) is 5.73 Å². The molecule has 1 rings (SSSR count). The second-order valence-corrected chi connectivity index (χ2v) is 4.57. The van der Waals surface area contributed by atoms with Crippen LogP contribution in [0.2, 0.25) is 0 Å². The highest BCUT2D eigenvalue weighted by molar-refractivity contribution is 7.99. The van der Waals surface area contributed by atoms with E-state index in [0.717, 1.165) is 30.8 Å². The van der Waals surface area contributed by atoms with Crippen molar-refractivity contribution in [3.05, 3.63) is 30.3 Å². The molecule has 0 bridgehead atoms. The average molecular weight is 238 g/mol. The maximum absolute atomic E-state index is 11.5. The zero-order valence-corrected chi connectivity index (χ0v) is 10.1. The smallest absolute Gasteiger partial charge is 0.234 e. The number of carbonyl (C=O) groups excluding carboxylic acids is 1. The van der Waals surface area contributed by atoms with E-state index in [1.54, 1.807) is 11.8 Å². The molecule has 0 atom stereocenters. The molecule has 1 aromatic rings. The molecule has 1 aromatic carbocycles. The molecule has 0 aromatic heterocycles. The predicted octanol–water partition coefficient (Wildman–Crippen LogP) is 2.10. The summed E-state index contributed by atoms with van der Waals surface area (Å²) in [6.45, 7) is 0.733. The van der Waals surface area contributed by atoms with Crippen molar-refractivity contribution in [1.29, 1.82) is 0 Å². The molecule has 1 amide bonds. The van der Waals surface area contributed by atoms with Crippen LogP contribution in [0.5, 0.6) is 0 Å². The van der Waals surface area contributed by atoms with Crippen LogP contribution in [0.25, 0.3) is 0 Å². The summed E-state index contributed by atoms with van der Waals surface area (Å²) in [7, 11) is 0. The van der Waals surface area contributed by atoms with Gasteiger partial charge in [0, 0.05) is 5.69 Å². The van der Waals surface area contributed by atoms with E-state index in [9.17, 15) is 4.79 Å². The number of rotatable bonds is 7. The molecular weight excluding hydrogens is 220 g/mol. The van der Waals surface area contributed by atoms with Crippen LogP contribution in [0.3, 0.4) is 0 Å². The Labute approximate surface area is 101 Å². The summed E-state index contributed by atoms with van der Waals surface area (Å²) < 4.78 is 0. The van der Waals surface area contributed by atoms with Crippen LogP contribution in [0, 0.1) is 0 Å². The molecule has 3 nitrogen and oxygen atoms in total. The Bertz CT molecular complexity index is 303. The number of hydrogen-bond acceptors (Lipinski definition) is 3. The van der Waals surface area contributed by atoms with Gasteiger partial charge in [0.05, 0.1) is 5.75 Å². The fourth-order valence-corrected chi connectivity index (χ4v) is 2.04. The summed E-state index contributed by atoms with van der Waals surface area (Å²) in [5.74, 6) is 1.57. The molecule has 0 fully saturated rings. The van der Waals surface area contributed by atoms with Crippen LogP contribution in [0.4, 0.5) is 5.69 Å². The Hall–Kier alpha value is -1.00. The molecule has 0 saturated carbocycles. The van der Waals surface area contributed by atoms with Crippen molar-refractivity contribution in [1.82, 2.24) is 0 Å². The summed E-state index contributed by atoms with van der Waals surface area (Å²) in [5, 5.41) is 2.85. The van der Waals surface area contributed by atoms with Crippen LogP contribution in [0.15, 0.2) is 30.3 Å². The molecule has 0 aliphatic rings. The SMILES string of the molecule is NCCCCSCC(=O)Nc1ccccc1. The van der Waals surface area contributed by atoms with Crippen molar-refractivity contribution in [3.8, 4) is 0 Å². The number of nitrogens with one attached hydrogen (secondary N) is 1. The maximum atomic E-state index is 11.5. The summed E-state index contributed by atoms with van der Waals surface area (Å²) in [6.07, 6.45) is 2.12. The van der Waals surface area contributed by atoms with Crippen molar-refractivity contribution in [3.63, 3.8) is 0 Å². The van der Waals surface area contributed by atoms with Crippen molar-refractivity contribution >= 4 is 23.4 Å². The summed E-state index contributed by atoms with van der Waals surface area (Å²) in [5.41, 5.74) is 6.24. The fraction of sp³-hybridized carbons (Fsp3) is 0.417. The summed E-state index contributed by atoms with van der Waals surface area (Å²) in [6, 6.07) is 9.51. The quantitative estimate of drug-likeness (QED) is 0.715. The van der Waals surface area contributed by atoms with Crippen molar-refractivity contribution in [2.45, 2.75) is 12.8 Å². The number of unbranched alkanes of at least 4 members (excludes halogenated alkanes) is 1. The summed E-state index contributed by atoms with van der Waals surface area (Å²) in [4.78, 5) is 11.5. The second-order valence-electron chi connectivity index (χ2n) is 3.46. The number of benzene rings is 1. The molecule has 0 aliphatic heterocycles. The average Bonchev–Trinajstić information content (AvgIpc) is 2.30. The van der Waals surface area contributed by atoms with Crippen molar-refractivity contribution < 1.29 is 4.79 Å². The number of carbonyl (C=O) groups is 1. The minimum atomic E-state index is 0.0592. The van der Waals surface area contributed by atoms with E-state index in [0.29, 0.717) is 5.75 Å². The Morgan fingerprint density at radius 1 is 1.25 bits per heavy atom. The van der Waals surface area contributed by atoms with Gasteiger partial charge in [0.15, 0.2) is 0 Å². The van der Waals surface area contributed by atoms with Gasteiger partial charge >= 0.3 is 0 Å². The maximum Gasteiger partial charge on any atom is 0.234 e. The third kappa shape index (κ3) is 5.78. The number of anilines is 1. The number of nitrogens with two attached hydrogens (primary N) is 1. The lowest BCUT2D eigenvalue weighted by atomic mass is 10.3. The predicted molar refractivity (Wildman–Crippen MR) is 70.7 cm³/mol. The number of para-hydroxylation sites is 1. The van der Waals surface area contributed by atoms with Gasteiger partial charge in [-0.25, -0.2) is 0 Å². The Morgan fingerprint density at radius 3 is 2.69 bits per heavy atom.